The van der Waals surface area contributed by atoms with Crippen LogP contribution in [0.15, 0.2) is 0 Å². The van der Waals surface area contributed by atoms with E-state index >= 15 is 0 Å². The molecule has 0 saturated heterocycles. The van der Waals surface area contributed by atoms with Crippen molar-refractivity contribution in [3.05, 3.63) is 0 Å². The summed E-state index contributed by atoms with van der Waals surface area (Å²) in [7, 11) is 0. The van der Waals surface area contributed by atoms with Crippen molar-refractivity contribution in [1.29, 1.82) is 0 Å². The Hall–Kier alpha value is -0.990. The first-order valence-electron chi connectivity index (χ1n) is 19.1. The maximum Gasteiger partial charge on any atom is 0.150 e. The molecule has 0 fully saturated rings. The lowest BCUT2D eigenvalue weighted by molar-refractivity contribution is -0.139. The van der Waals surface area contributed by atoms with Crippen LogP contribution in [0.2, 0.25) is 0 Å². The number of carbonyl (C=O) groups is 3. The van der Waals surface area contributed by atoms with E-state index in [1.807, 2.05) is 0 Å². The van der Waals surface area contributed by atoms with Crippen LogP contribution in [0, 0.1) is 5.92 Å². The molecule has 42 heavy (non-hydrogen) atoms. The van der Waals surface area contributed by atoms with Crippen molar-refractivity contribution in [1.82, 2.24) is 0 Å². The molecule has 0 aliphatic rings. The average molecular weight is 591 g/mol. The van der Waals surface area contributed by atoms with E-state index < -0.39 is 5.92 Å². The quantitative estimate of drug-likeness (QED) is 0.0545. The number of unbranched alkanes of at least 4 members (excludes halogenated alkanes) is 28. The molecular formula is C39H74O3. The highest BCUT2D eigenvalue weighted by molar-refractivity contribution is 6.18. The number of carbonyl (C=O) groups excluding carboxylic acids is 3. The topological polar surface area (TPSA) is 51.2 Å². The van der Waals surface area contributed by atoms with Gasteiger partial charge < -0.3 is 0 Å². The van der Waals surface area contributed by atoms with Crippen molar-refractivity contribution in [2.75, 3.05) is 0 Å². The maximum atomic E-state index is 12.7. The molecule has 0 aromatic heterocycles. The fourth-order valence-electron chi connectivity index (χ4n) is 6.26. The summed E-state index contributed by atoms with van der Waals surface area (Å²) in [5, 5.41) is 0. The lowest BCUT2D eigenvalue weighted by Crippen LogP contribution is -2.30. The molecule has 0 aliphatic heterocycles. The van der Waals surface area contributed by atoms with Crippen LogP contribution in [0.1, 0.15) is 226 Å². The lowest BCUT2D eigenvalue weighted by Gasteiger charge is -2.12. The van der Waals surface area contributed by atoms with Gasteiger partial charge in [0.1, 0.15) is 11.7 Å². The number of Topliss-reactive ketones (excluding diaryl/α,β-unsaturated/α-hetero) is 3. The first-order valence-corrected chi connectivity index (χ1v) is 19.1. The summed E-state index contributed by atoms with van der Waals surface area (Å²) in [6.07, 6.45) is 39.4. The molecule has 0 aromatic carbocycles. The molecule has 248 valence electrons. The minimum absolute atomic E-state index is 0.136. The van der Waals surface area contributed by atoms with Crippen LogP contribution in [-0.2, 0) is 14.4 Å². The summed E-state index contributed by atoms with van der Waals surface area (Å²) in [5.74, 6) is -1.53. The van der Waals surface area contributed by atoms with Gasteiger partial charge in [0, 0.05) is 12.8 Å². The van der Waals surface area contributed by atoms with Gasteiger partial charge in [-0.2, -0.15) is 0 Å². The van der Waals surface area contributed by atoms with E-state index in [4.69, 9.17) is 0 Å². The highest BCUT2D eigenvalue weighted by Crippen LogP contribution is 2.18. The first-order chi connectivity index (χ1) is 20.5. The molecule has 0 aromatic rings. The molecule has 0 amide bonds. The Morgan fingerprint density at radius 3 is 0.714 bits per heavy atom. The Morgan fingerprint density at radius 1 is 0.333 bits per heavy atom. The summed E-state index contributed by atoms with van der Waals surface area (Å²) in [5.41, 5.74) is 0. The Morgan fingerprint density at radius 2 is 0.524 bits per heavy atom. The molecule has 0 unspecified atom stereocenters. The van der Waals surface area contributed by atoms with Gasteiger partial charge in [-0.3, -0.25) is 14.4 Å². The molecule has 0 rings (SSSR count). The summed E-state index contributed by atoms with van der Waals surface area (Å²) >= 11 is 0. The predicted octanol–water partition coefficient (Wildman–Crippen LogP) is 12.9. The third kappa shape index (κ3) is 27.8. The third-order valence-electron chi connectivity index (χ3n) is 9.10. The van der Waals surface area contributed by atoms with E-state index in [9.17, 15) is 14.4 Å². The van der Waals surface area contributed by atoms with E-state index in [2.05, 4.69) is 13.8 Å². The molecule has 0 bridgehead atoms. The Kier molecular flexibility index (Phi) is 32.1. The van der Waals surface area contributed by atoms with E-state index in [-0.39, 0.29) is 17.3 Å². The van der Waals surface area contributed by atoms with Gasteiger partial charge in [-0.05, 0) is 19.8 Å². The minimum atomic E-state index is -0.997. The van der Waals surface area contributed by atoms with E-state index in [1.54, 1.807) is 0 Å². The summed E-state index contributed by atoms with van der Waals surface area (Å²) < 4.78 is 0. The second kappa shape index (κ2) is 32.9. The fourth-order valence-corrected chi connectivity index (χ4v) is 6.26. The van der Waals surface area contributed by atoms with E-state index in [1.165, 1.54) is 161 Å². The van der Waals surface area contributed by atoms with Gasteiger partial charge in [0.05, 0.1) is 0 Å². The van der Waals surface area contributed by atoms with Crippen LogP contribution in [-0.4, -0.2) is 17.3 Å². The van der Waals surface area contributed by atoms with Gasteiger partial charge in [0.2, 0.25) is 0 Å². The zero-order valence-corrected chi connectivity index (χ0v) is 28.9. The zero-order chi connectivity index (χ0) is 30.9. The highest BCUT2D eigenvalue weighted by Gasteiger charge is 2.29. The van der Waals surface area contributed by atoms with Crippen molar-refractivity contribution in [3.63, 3.8) is 0 Å². The molecule has 0 N–H and O–H groups in total. The predicted molar refractivity (Wildman–Crippen MR) is 183 cm³/mol. The summed E-state index contributed by atoms with van der Waals surface area (Å²) in [6.45, 7) is 5.96. The molecule has 0 saturated carbocycles. The normalized spacial score (nSPS) is 11.4. The van der Waals surface area contributed by atoms with Gasteiger partial charge >= 0.3 is 0 Å². The first kappa shape index (κ1) is 41.0. The van der Waals surface area contributed by atoms with Gasteiger partial charge in [0.15, 0.2) is 11.6 Å². The number of hydrogen-bond acceptors (Lipinski definition) is 3. The largest absolute Gasteiger partial charge is 0.299 e. The molecule has 3 nitrogen and oxygen atoms in total. The molecule has 0 aliphatic carbocycles. The summed E-state index contributed by atoms with van der Waals surface area (Å²) in [4.78, 5) is 37.5. The van der Waals surface area contributed by atoms with Crippen LogP contribution in [0.25, 0.3) is 0 Å². The van der Waals surface area contributed by atoms with Crippen LogP contribution in [0.3, 0.4) is 0 Å². The van der Waals surface area contributed by atoms with Gasteiger partial charge in [-0.1, -0.05) is 194 Å². The molecule has 0 heterocycles. The van der Waals surface area contributed by atoms with Crippen molar-refractivity contribution in [3.8, 4) is 0 Å². The van der Waals surface area contributed by atoms with Gasteiger partial charge in [-0.25, -0.2) is 0 Å². The smallest absolute Gasteiger partial charge is 0.150 e. The minimum Gasteiger partial charge on any atom is -0.299 e. The van der Waals surface area contributed by atoms with E-state index in [0.717, 1.165) is 38.5 Å². The second-order valence-corrected chi connectivity index (χ2v) is 13.4. The second-order valence-electron chi connectivity index (χ2n) is 13.4. The van der Waals surface area contributed by atoms with Crippen molar-refractivity contribution >= 4 is 17.3 Å². The molecule has 3 heteroatoms. The number of ketones is 3. The van der Waals surface area contributed by atoms with Crippen LogP contribution < -0.4 is 0 Å². The van der Waals surface area contributed by atoms with Crippen molar-refractivity contribution in [2.45, 2.75) is 226 Å². The monoisotopic (exact) mass is 591 g/mol. The Bertz CT molecular complexity index is 565. The number of hydrogen-bond donors (Lipinski definition) is 0. The Balaban J connectivity index is 3.66. The van der Waals surface area contributed by atoms with Crippen LogP contribution >= 0.6 is 0 Å². The van der Waals surface area contributed by atoms with Crippen molar-refractivity contribution < 1.29 is 14.4 Å². The SMILES string of the molecule is CCCCCCCCCCCCCCCCCC(=O)C(C(C)=O)C(=O)CCCCCCCCCCCCCCCCC. The Labute approximate surface area is 263 Å². The van der Waals surface area contributed by atoms with Gasteiger partial charge in [0.25, 0.3) is 0 Å². The fraction of sp³-hybridized carbons (Fsp3) is 0.923. The van der Waals surface area contributed by atoms with Crippen LogP contribution in [0.4, 0.5) is 0 Å². The van der Waals surface area contributed by atoms with E-state index in [0.29, 0.717) is 12.8 Å². The average Bonchev–Trinajstić information content (AvgIpc) is 2.97. The molecule has 0 radical (unpaired) electrons. The number of rotatable bonds is 35. The summed E-state index contributed by atoms with van der Waals surface area (Å²) in [6, 6.07) is 0. The van der Waals surface area contributed by atoms with Crippen molar-refractivity contribution in [2.24, 2.45) is 5.92 Å². The lowest BCUT2D eigenvalue weighted by atomic mass is 9.89. The highest BCUT2D eigenvalue weighted by atomic mass is 16.2. The third-order valence-corrected chi connectivity index (χ3v) is 9.10. The zero-order valence-electron chi connectivity index (χ0n) is 28.9. The maximum absolute atomic E-state index is 12.7. The van der Waals surface area contributed by atoms with Crippen LogP contribution in [0.5, 0.6) is 0 Å². The molecular weight excluding hydrogens is 516 g/mol. The molecule has 0 spiro atoms. The standard InChI is InChI=1S/C39H74O3/c1-4-6-8-10-12-14-16-18-20-22-24-26-28-30-32-34-37(41)39(36(3)40)38(42)35-33-31-29-27-25-23-21-19-17-15-13-11-9-7-5-2/h39H,4-35H2,1-3H3. The molecule has 0 atom stereocenters. The van der Waals surface area contributed by atoms with Gasteiger partial charge in [-0.15, -0.1) is 0 Å².